The molecule has 0 fully saturated rings. The summed E-state index contributed by atoms with van der Waals surface area (Å²) in [4.78, 5) is 12.9. The second kappa shape index (κ2) is 11.6. The van der Waals surface area contributed by atoms with Crippen LogP contribution in [0.2, 0.25) is 0 Å². The molecule has 0 unspecified atom stereocenters. The molecule has 3 aromatic rings. The van der Waals surface area contributed by atoms with Crippen LogP contribution in [0, 0.1) is 0 Å². The van der Waals surface area contributed by atoms with Crippen molar-refractivity contribution < 1.29 is 19.0 Å². The lowest BCUT2D eigenvalue weighted by Crippen LogP contribution is -2.15. The second-order valence-electron chi connectivity index (χ2n) is 6.73. The summed E-state index contributed by atoms with van der Waals surface area (Å²) in [6.45, 7) is 1.40. The normalized spacial score (nSPS) is 10.4. The second-order valence-corrected chi connectivity index (χ2v) is 6.73. The van der Waals surface area contributed by atoms with Crippen LogP contribution >= 0.6 is 0 Å². The van der Waals surface area contributed by atoms with Crippen LogP contribution in [0.25, 0.3) is 0 Å². The summed E-state index contributed by atoms with van der Waals surface area (Å²) in [6, 6.07) is 24.9. The number of aryl methyl sites for hydroxylation is 1. The highest BCUT2D eigenvalue weighted by molar-refractivity contribution is 6.06. The zero-order chi connectivity index (χ0) is 21.0. The molecule has 0 atom stereocenters. The fourth-order valence-corrected chi connectivity index (χ4v) is 3.00. The van der Waals surface area contributed by atoms with E-state index >= 15 is 0 Å². The van der Waals surface area contributed by atoms with Gasteiger partial charge in [-0.05, 0) is 42.7 Å². The number of rotatable bonds is 11. The fraction of sp³-hybridized carbons (Fsp3) is 0.240. The summed E-state index contributed by atoms with van der Waals surface area (Å²) < 4.78 is 16.6. The molecule has 0 aromatic heterocycles. The Kier molecular flexibility index (Phi) is 8.30. The van der Waals surface area contributed by atoms with Gasteiger partial charge in [0.05, 0.1) is 24.5 Å². The SMILES string of the molecule is COCCOc1ccccc1C(=O)Nc1ccccc1OCCCc1ccccc1. The van der Waals surface area contributed by atoms with Gasteiger partial charge in [0, 0.05) is 7.11 Å². The summed E-state index contributed by atoms with van der Waals surface area (Å²) in [5.41, 5.74) is 2.38. The summed E-state index contributed by atoms with van der Waals surface area (Å²) in [7, 11) is 1.61. The van der Waals surface area contributed by atoms with E-state index in [0.29, 0.717) is 42.6 Å². The number of para-hydroxylation sites is 3. The lowest BCUT2D eigenvalue weighted by atomic mass is 10.1. The maximum absolute atomic E-state index is 12.9. The van der Waals surface area contributed by atoms with Gasteiger partial charge in [-0.25, -0.2) is 0 Å². The predicted molar refractivity (Wildman–Crippen MR) is 118 cm³/mol. The van der Waals surface area contributed by atoms with E-state index in [1.807, 2.05) is 54.6 Å². The van der Waals surface area contributed by atoms with E-state index in [4.69, 9.17) is 14.2 Å². The van der Waals surface area contributed by atoms with Crippen molar-refractivity contribution in [2.45, 2.75) is 12.8 Å². The minimum absolute atomic E-state index is 0.247. The molecule has 3 aromatic carbocycles. The zero-order valence-corrected chi connectivity index (χ0v) is 17.2. The summed E-state index contributed by atoms with van der Waals surface area (Å²) in [6.07, 6.45) is 1.84. The van der Waals surface area contributed by atoms with Crippen molar-refractivity contribution in [3.8, 4) is 11.5 Å². The van der Waals surface area contributed by atoms with Crippen molar-refractivity contribution in [2.75, 3.05) is 32.2 Å². The third-order valence-electron chi connectivity index (χ3n) is 4.52. The Labute approximate surface area is 177 Å². The van der Waals surface area contributed by atoms with E-state index in [-0.39, 0.29) is 5.91 Å². The molecular weight excluding hydrogens is 378 g/mol. The molecule has 156 valence electrons. The smallest absolute Gasteiger partial charge is 0.259 e. The van der Waals surface area contributed by atoms with Gasteiger partial charge in [0.25, 0.3) is 5.91 Å². The number of carbonyl (C=O) groups excluding carboxylic acids is 1. The van der Waals surface area contributed by atoms with Crippen LogP contribution in [0.3, 0.4) is 0 Å². The minimum atomic E-state index is -0.247. The van der Waals surface area contributed by atoms with Crippen molar-refractivity contribution in [3.05, 3.63) is 90.0 Å². The molecule has 5 heteroatoms. The molecule has 3 rings (SSSR count). The summed E-state index contributed by atoms with van der Waals surface area (Å²) in [5.74, 6) is 0.924. The molecular formula is C25H27NO4. The van der Waals surface area contributed by atoms with E-state index in [2.05, 4.69) is 17.4 Å². The van der Waals surface area contributed by atoms with Gasteiger partial charge in [0.2, 0.25) is 0 Å². The van der Waals surface area contributed by atoms with Crippen molar-refractivity contribution in [2.24, 2.45) is 0 Å². The molecule has 0 heterocycles. The summed E-state index contributed by atoms with van der Waals surface area (Å²) in [5, 5.41) is 2.94. The predicted octanol–water partition coefficient (Wildman–Crippen LogP) is 4.98. The Morgan fingerprint density at radius 3 is 2.23 bits per heavy atom. The number of ether oxygens (including phenoxy) is 3. The molecule has 0 aliphatic rings. The van der Waals surface area contributed by atoms with Gasteiger partial charge in [-0.2, -0.15) is 0 Å². The average molecular weight is 405 g/mol. The number of nitrogens with one attached hydrogen (secondary N) is 1. The zero-order valence-electron chi connectivity index (χ0n) is 17.2. The summed E-state index contributed by atoms with van der Waals surface area (Å²) >= 11 is 0. The van der Waals surface area contributed by atoms with Crippen LogP contribution in [0.5, 0.6) is 11.5 Å². The maximum Gasteiger partial charge on any atom is 0.259 e. The van der Waals surface area contributed by atoms with Gasteiger partial charge in [0.1, 0.15) is 18.1 Å². The standard InChI is InChI=1S/C25H27NO4/c1-28-18-19-30-23-15-7-5-13-21(23)25(27)26-22-14-6-8-16-24(22)29-17-9-12-20-10-3-2-4-11-20/h2-8,10-11,13-16H,9,12,17-19H2,1H3,(H,26,27). The lowest BCUT2D eigenvalue weighted by molar-refractivity contribution is 0.101. The van der Waals surface area contributed by atoms with Crippen molar-refractivity contribution in [1.29, 1.82) is 0 Å². The first-order valence-electron chi connectivity index (χ1n) is 10.1. The monoisotopic (exact) mass is 405 g/mol. The number of benzene rings is 3. The molecule has 0 radical (unpaired) electrons. The van der Waals surface area contributed by atoms with Crippen LogP contribution in [0.1, 0.15) is 22.3 Å². The van der Waals surface area contributed by atoms with Crippen molar-refractivity contribution in [3.63, 3.8) is 0 Å². The molecule has 5 nitrogen and oxygen atoms in total. The van der Waals surface area contributed by atoms with Crippen molar-refractivity contribution >= 4 is 11.6 Å². The lowest BCUT2D eigenvalue weighted by Gasteiger charge is -2.14. The number of hydrogen-bond acceptors (Lipinski definition) is 4. The van der Waals surface area contributed by atoms with Gasteiger partial charge < -0.3 is 19.5 Å². The highest BCUT2D eigenvalue weighted by atomic mass is 16.5. The van der Waals surface area contributed by atoms with Gasteiger partial charge in [-0.1, -0.05) is 54.6 Å². The van der Waals surface area contributed by atoms with Crippen LogP contribution in [-0.2, 0) is 11.2 Å². The van der Waals surface area contributed by atoms with Crippen LogP contribution in [0.4, 0.5) is 5.69 Å². The third kappa shape index (κ3) is 6.36. The number of hydrogen-bond donors (Lipinski definition) is 1. The number of carbonyl (C=O) groups is 1. The van der Waals surface area contributed by atoms with E-state index < -0.39 is 0 Å². The Morgan fingerprint density at radius 1 is 0.767 bits per heavy atom. The van der Waals surface area contributed by atoms with E-state index in [1.54, 1.807) is 19.2 Å². The maximum atomic E-state index is 12.9. The largest absolute Gasteiger partial charge is 0.491 e. The van der Waals surface area contributed by atoms with E-state index in [0.717, 1.165) is 12.8 Å². The molecule has 0 saturated heterocycles. The number of methoxy groups -OCH3 is 1. The molecule has 1 N–H and O–H groups in total. The van der Waals surface area contributed by atoms with E-state index in [9.17, 15) is 4.79 Å². The molecule has 0 saturated carbocycles. The molecule has 0 bridgehead atoms. The van der Waals surface area contributed by atoms with Crippen LogP contribution < -0.4 is 14.8 Å². The van der Waals surface area contributed by atoms with Gasteiger partial charge >= 0.3 is 0 Å². The first-order chi connectivity index (χ1) is 14.8. The Hall–Kier alpha value is -3.31. The first-order valence-corrected chi connectivity index (χ1v) is 10.1. The Balaban J connectivity index is 1.60. The van der Waals surface area contributed by atoms with Crippen LogP contribution in [-0.4, -0.2) is 32.8 Å². The van der Waals surface area contributed by atoms with E-state index in [1.165, 1.54) is 5.56 Å². The van der Waals surface area contributed by atoms with Crippen LogP contribution in [0.15, 0.2) is 78.9 Å². The topological polar surface area (TPSA) is 56.8 Å². The minimum Gasteiger partial charge on any atom is -0.491 e. The third-order valence-corrected chi connectivity index (χ3v) is 4.52. The highest BCUT2D eigenvalue weighted by Crippen LogP contribution is 2.26. The van der Waals surface area contributed by atoms with Gasteiger partial charge in [-0.15, -0.1) is 0 Å². The Bertz CT molecular complexity index is 927. The first kappa shape index (κ1) is 21.4. The number of anilines is 1. The average Bonchev–Trinajstić information content (AvgIpc) is 2.79. The molecule has 0 spiro atoms. The fourth-order valence-electron chi connectivity index (χ4n) is 3.00. The van der Waals surface area contributed by atoms with Crippen molar-refractivity contribution in [1.82, 2.24) is 0 Å². The van der Waals surface area contributed by atoms with Gasteiger partial charge in [0.15, 0.2) is 0 Å². The van der Waals surface area contributed by atoms with Gasteiger partial charge in [-0.3, -0.25) is 4.79 Å². The highest BCUT2D eigenvalue weighted by Gasteiger charge is 2.14. The quantitative estimate of drug-likeness (QED) is 0.457. The Morgan fingerprint density at radius 2 is 1.43 bits per heavy atom. The molecule has 0 aliphatic heterocycles. The number of amides is 1. The molecule has 30 heavy (non-hydrogen) atoms. The molecule has 0 aliphatic carbocycles. The molecule has 1 amide bonds.